The summed E-state index contributed by atoms with van der Waals surface area (Å²) in [6, 6.07) is 0.348. The average Bonchev–Trinajstić information content (AvgIpc) is 3.07. The third-order valence-electron chi connectivity index (χ3n) is 4.79. The second kappa shape index (κ2) is 11.5. The van der Waals surface area contributed by atoms with Crippen LogP contribution in [0.15, 0.2) is 0 Å². The molecule has 0 radical (unpaired) electrons. The number of carbonyl (C=O) groups excluding carboxylic acids is 2. The van der Waals surface area contributed by atoms with Gasteiger partial charge in [0.25, 0.3) is 0 Å². The molecule has 1 saturated heterocycles. The Morgan fingerprint density at radius 2 is 1.79 bits per heavy atom. The fourth-order valence-electron chi connectivity index (χ4n) is 3.43. The number of rotatable bonds is 7. The van der Waals surface area contributed by atoms with Gasteiger partial charge < -0.3 is 20.9 Å². The summed E-state index contributed by atoms with van der Waals surface area (Å²) in [7, 11) is 0. The molecule has 1 unspecified atom stereocenters. The van der Waals surface area contributed by atoms with Crippen molar-refractivity contribution in [3.63, 3.8) is 0 Å². The minimum absolute atomic E-state index is 0. The van der Waals surface area contributed by atoms with E-state index in [9.17, 15) is 9.59 Å². The Morgan fingerprint density at radius 3 is 2.50 bits per heavy atom. The van der Waals surface area contributed by atoms with Crippen molar-refractivity contribution in [1.29, 1.82) is 0 Å². The Bertz CT molecular complexity index is 389. The normalized spacial score (nSPS) is 21.2. The van der Waals surface area contributed by atoms with E-state index in [1.807, 2.05) is 4.90 Å². The zero-order valence-corrected chi connectivity index (χ0v) is 15.6. The summed E-state index contributed by atoms with van der Waals surface area (Å²) >= 11 is 0. The number of hydrogen-bond donors (Lipinski definition) is 3. The van der Waals surface area contributed by atoms with Crippen LogP contribution in [0.1, 0.15) is 51.9 Å². The lowest BCUT2D eigenvalue weighted by molar-refractivity contribution is -0.126. The molecule has 0 spiro atoms. The number of piperidine rings is 1. The molecule has 0 bridgehead atoms. The van der Waals surface area contributed by atoms with Crippen LogP contribution in [-0.2, 0) is 4.79 Å². The maximum absolute atomic E-state index is 12.3. The minimum Gasteiger partial charge on any atom is -0.355 e. The summed E-state index contributed by atoms with van der Waals surface area (Å²) in [5, 5.41) is 9.38. The largest absolute Gasteiger partial charge is 0.355 e. The van der Waals surface area contributed by atoms with E-state index in [4.69, 9.17) is 0 Å². The van der Waals surface area contributed by atoms with Gasteiger partial charge in [-0.25, -0.2) is 4.79 Å². The van der Waals surface area contributed by atoms with Gasteiger partial charge in [-0.2, -0.15) is 0 Å². The Balaban J connectivity index is 0.00000288. The Kier molecular flexibility index (Phi) is 10.1. The van der Waals surface area contributed by atoms with Crippen molar-refractivity contribution >= 4 is 24.3 Å². The summed E-state index contributed by atoms with van der Waals surface area (Å²) in [4.78, 5) is 26.4. The summed E-state index contributed by atoms with van der Waals surface area (Å²) in [5.74, 6) is 0.0194. The van der Waals surface area contributed by atoms with Crippen LogP contribution in [0.5, 0.6) is 0 Å². The average molecular weight is 361 g/mol. The molecule has 0 aromatic rings. The van der Waals surface area contributed by atoms with Gasteiger partial charge in [-0.05, 0) is 38.6 Å². The third-order valence-corrected chi connectivity index (χ3v) is 4.79. The van der Waals surface area contributed by atoms with Crippen molar-refractivity contribution < 1.29 is 9.59 Å². The molecule has 1 heterocycles. The van der Waals surface area contributed by atoms with Crippen molar-refractivity contribution in [2.75, 3.05) is 32.7 Å². The van der Waals surface area contributed by atoms with E-state index in [0.717, 1.165) is 51.7 Å². The molecule has 1 aliphatic heterocycles. The van der Waals surface area contributed by atoms with Gasteiger partial charge in [0.15, 0.2) is 0 Å². The van der Waals surface area contributed by atoms with Gasteiger partial charge in [-0.15, -0.1) is 12.4 Å². The molecule has 6 nitrogen and oxygen atoms in total. The minimum atomic E-state index is -0.0655. The van der Waals surface area contributed by atoms with Crippen molar-refractivity contribution in [3.8, 4) is 0 Å². The highest BCUT2D eigenvalue weighted by Crippen LogP contribution is 2.20. The summed E-state index contributed by atoms with van der Waals surface area (Å²) in [5.41, 5.74) is 0. The van der Waals surface area contributed by atoms with Crippen LogP contribution in [-0.4, -0.2) is 55.6 Å². The van der Waals surface area contributed by atoms with Crippen LogP contribution in [0, 0.1) is 5.92 Å². The topological polar surface area (TPSA) is 73.5 Å². The molecule has 3 N–H and O–H groups in total. The van der Waals surface area contributed by atoms with Gasteiger partial charge >= 0.3 is 6.03 Å². The highest BCUT2D eigenvalue weighted by Gasteiger charge is 2.29. The molecule has 3 amide bonds. The number of nitrogens with zero attached hydrogens (tertiary/aromatic N) is 1. The van der Waals surface area contributed by atoms with E-state index in [-0.39, 0.29) is 30.3 Å². The van der Waals surface area contributed by atoms with Crippen molar-refractivity contribution in [2.45, 2.75) is 57.9 Å². The van der Waals surface area contributed by atoms with E-state index in [1.54, 1.807) is 0 Å². The Morgan fingerprint density at radius 1 is 1.04 bits per heavy atom. The zero-order valence-electron chi connectivity index (χ0n) is 14.8. The summed E-state index contributed by atoms with van der Waals surface area (Å²) < 4.78 is 0. The van der Waals surface area contributed by atoms with Gasteiger partial charge in [-0.1, -0.05) is 19.8 Å². The number of likely N-dealkylation sites (tertiary alicyclic amines) is 1. The van der Waals surface area contributed by atoms with Gasteiger partial charge in [-0.3, -0.25) is 4.79 Å². The maximum atomic E-state index is 12.3. The van der Waals surface area contributed by atoms with Crippen LogP contribution >= 0.6 is 12.4 Å². The smallest absolute Gasteiger partial charge is 0.317 e. The molecular weight excluding hydrogens is 328 g/mol. The molecular formula is C17H33ClN4O2. The molecule has 1 atom stereocenters. The summed E-state index contributed by atoms with van der Waals surface area (Å²) in [6.07, 6.45) is 7.49. The second-order valence-corrected chi connectivity index (χ2v) is 6.76. The second-order valence-electron chi connectivity index (χ2n) is 6.76. The van der Waals surface area contributed by atoms with E-state index in [1.165, 1.54) is 12.8 Å². The number of nitrogens with one attached hydrogen (secondary N) is 3. The quantitative estimate of drug-likeness (QED) is 0.607. The van der Waals surface area contributed by atoms with E-state index in [0.29, 0.717) is 19.1 Å². The Hall–Kier alpha value is -1.01. The standard InChI is InChI=1S/C17H32N4O2.ClH/c1-2-9-18-10-11-19-16(22)14-6-5-12-21(13-14)17(23)20-15-7-3-4-8-15;/h14-15,18H,2-13H2,1H3,(H,19,22)(H,20,23);1H. The molecule has 0 aromatic heterocycles. The first-order valence-corrected chi connectivity index (χ1v) is 9.24. The fraction of sp³-hybridized carbons (Fsp3) is 0.882. The zero-order chi connectivity index (χ0) is 16.5. The molecule has 0 aromatic carbocycles. The predicted octanol–water partition coefficient (Wildman–Crippen LogP) is 1.89. The van der Waals surface area contributed by atoms with Gasteiger partial charge in [0, 0.05) is 32.2 Å². The maximum Gasteiger partial charge on any atom is 0.317 e. The van der Waals surface area contributed by atoms with Crippen LogP contribution in [0.4, 0.5) is 4.79 Å². The highest BCUT2D eigenvalue weighted by atomic mass is 35.5. The molecule has 2 aliphatic rings. The van der Waals surface area contributed by atoms with Crippen molar-refractivity contribution in [3.05, 3.63) is 0 Å². The van der Waals surface area contributed by atoms with Crippen LogP contribution in [0.2, 0.25) is 0 Å². The molecule has 1 aliphatic carbocycles. The first kappa shape index (κ1) is 21.0. The van der Waals surface area contributed by atoms with Crippen molar-refractivity contribution in [1.82, 2.24) is 20.9 Å². The lowest BCUT2D eigenvalue weighted by Crippen LogP contribution is -2.51. The lowest BCUT2D eigenvalue weighted by atomic mass is 9.97. The summed E-state index contributed by atoms with van der Waals surface area (Å²) in [6.45, 7) is 5.88. The third kappa shape index (κ3) is 6.85. The van der Waals surface area contributed by atoms with Gasteiger partial charge in [0.05, 0.1) is 5.92 Å². The molecule has 24 heavy (non-hydrogen) atoms. The first-order chi connectivity index (χ1) is 11.2. The Labute approximate surface area is 151 Å². The number of hydrogen-bond acceptors (Lipinski definition) is 3. The van der Waals surface area contributed by atoms with E-state index in [2.05, 4.69) is 22.9 Å². The van der Waals surface area contributed by atoms with E-state index >= 15 is 0 Å². The number of urea groups is 1. The van der Waals surface area contributed by atoms with E-state index < -0.39 is 0 Å². The van der Waals surface area contributed by atoms with Crippen LogP contribution in [0.3, 0.4) is 0 Å². The molecule has 1 saturated carbocycles. The van der Waals surface area contributed by atoms with Crippen molar-refractivity contribution in [2.24, 2.45) is 5.92 Å². The number of halogens is 1. The molecule has 2 rings (SSSR count). The molecule has 2 fully saturated rings. The first-order valence-electron chi connectivity index (χ1n) is 9.24. The lowest BCUT2D eigenvalue weighted by Gasteiger charge is -2.33. The van der Waals surface area contributed by atoms with Crippen LogP contribution in [0.25, 0.3) is 0 Å². The van der Waals surface area contributed by atoms with Crippen LogP contribution < -0.4 is 16.0 Å². The highest BCUT2D eigenvalue weighted by molar-refractivity contribution is 5.85. The van der Waals surface area contributed by atoms with Gasteiger partial charge in [0.1, 0.15) is 0 Å². The number of amides is 3. The molecule has 140 valence electrons. The van der Waals surface area contributed by atoms with Gasteiger partial charge in [0.2, 0.25) is 5.91 Å². The molecule has 7 heteroatoms. The monoisotopic (exact) mass is 360 g/mol. The predicted molar refractivity (Wildman–Crippen MR) is 98.5 cm³/mol. The number of carbonyl (C=O) groups is 2. The SMILES string of the molecule is CCCNCCNC(=O)C1CCCN(C(=O)NC2CCCC2)C1.Cl. The fourth-order valence-corrected chi connectivity index (χ4v) is 3.43.